The maximum Gasteiger partial charge on any atom is 0.328 e. The maximum atomic E-state index is 12.4. The van der Waals surface area contributed by atoms with E-state index in [0.29, 0.717) is 11.3 Å². The second-order valence-corrected chi connectivity index (χ2v) is 4.83. The Labute approximate surface area is 127 Å². The lowest BCUT2D eigenvalue weighted by Gasteiger charge is -2.34. The molecular formula is C15H16N2O5. The Kier molecular flexibility index (Phi) is 4.96. The predicted octanol–water partition coefficient (Wildman–Crippen LogP) is 0.638. The van der Waals surface area contributed by atoms with Crippen LogP contribution in [-0.2, 0) is 14.3 Å². The van der Waals surface area contributed by atoms with Crippen molar-refractivity contribution in [3.05, 3.63) is 29.8 Å². The summed E-state index contributed by atoms with van der Waals surface area (Å²) < 4.78 is 10.6. The second-order valence-electron chi connectivity index (χ2n) is 4.83. The number of benzene rings is 1. The number of carboxylic acid groups (broad SMARTS) is 1. The van der Waals surface area contributed by atoms with Gasteiger partial charge in [-0.1, -0.05) is 12.1 Å². The molecule has 1 aliphatic rings. The van der Waals surface area contributed by atoms with E-state index >= 15 is 0 Å². The van der Waals surface area contributed by atoms with Crippen molar-refractivity contribution in [1.29, 1.82) is 5.26 Å². The third-order valence-electron chi connectivity index (χ3n) is 3.36. The highest BCUT2D eigenvalue weighted by Crippen LogP contribution is 2.19. The SMILES string of the molecule is C[C@@H](Oc1ccccc1C#N)C(=O)N1CCOC[C@@H]1C(=O)O. The van der Waals surface area contributed by atoms with Gasteiger partial charge in [0.25, 0.3) is 5.91 Å². The summed E-state index contributed by atoms with van der Waals surface area (Å²) in [5.41, 5.74) is 0.318. The highest BCUT2D eigenvalue weighted by atomic mass is 16.5. The highest BCUT2D eigenvalue weighted by molar-refractivity contribution is 5.86. The van der Waals surface area contributed by atoms with Crippen molar-refractivity contribution in [1.82, 2.24) is 4.90 Å². The van der Waals surface area contributed by atoms with Crippen molar-refractivity contribution in [3.63, 3.8) is 0 Å². The van der Waals surface area contributed by atoms with E-state index in [4.69, 9.17) is 19.8 Å². The quantitative estimate of drug-likeness (QED) is 0.876. The average molecular weight is 304 g/mol. The molecule has 2 atom stereocenters. The molecule has 0 saturated carbocycles. The fourth-order valence-electron chi connectivity index (χ4n) is 2.21. The summed E-state index contributed by atoms with van der Waals surface area (Å²) in [6.45, 7) is 1.98. The molecule has 1 amide bonds. The summed E-state index contributed by atoms with van der Waals surface area (Å²) in [5.74, 6) is -1.26. The Morgan fingerprint density at radius 3 is 2.91 bits per heavy atom. The highest BCUT2D eigenvalue weighted by Gasteiger charge is 2.35. The van der Waals surface area contributed by atoms with Gasteiger partial charge in [0.05, 0.1) is 18.8 Å². The maximum absolute atomic E-state index is 12.4. The molecule has 1 saturated heterocycles. The predicted molar refractivity (Wildman–Crippen MR) is 75.2 cm³/mol. The molecule has 7 heteroatoms. The lowest BCUT2D eigenvalue weighted by Crippen LogP contribution is -2.55. The topological polar surface area (TPSA) is 99.9 Å². The van der Waals surface area contributed by atoms with E-state index in [-0.39, 0.29) is 19.8 Å². The molecule has 1 fully saturated rings. The third kappa shape index (κ3) is 3.35. The summed E-state index contributed by atoms with van der Waals surface area (Å²) in [5, 5.41) is 18.2. The smallest absolute Gasteiger partial charge is 0.328 e. The molecule has 116 valence electrons. The van der Waals surface area contributed by atoms with Crippen molar-refractivity contribution in [2.24, 2.45) is 0 Å². The van der Waals surface area contributed by atoms with E-state index in [2.05, 4.69) is 0 Å². The van der Waals surface area contributed by atoms with Gasteiger partial charge in [-0.25, -0.2) is 4.79 Å². The minimum atomic E-state index is -1.11. The van der Waals surface area contributed by atoms with Gasteiger partial charge in [0, 0.05) is 6.54 Å². The van der Waals surface area contributed by atoms with E-state index in [0.717, 1.165) is 0 Å². The van der Waals surface area contributed by atoms with Gasteiger partial charge in [-0.05, 0) is 19.1 Å². The van der Waals surface area contributed by atoms with Gasteiger partial charge in [-0.2, -0.15) is 5.26 Å². The van der Waals surface area contributed by atoms with E-state index < -0.39 is 24.0 Å². The van der Waals surface area contributed by atoms with Crippen molar-refractivity contribution in [2.75, 3.05) is 19.8 Å². The summed E-state index contributed by atoms with van der Waals surface area (Å²) in [7, 11) is 0. The van der Waals surface area contributed by atoms with Crippen LogP contribution in [0, 0.1) is 11.3 Å². The largest absolute Gasteiger partial charge is 0.480 e. The summed E-state index contributed by atoms with van der Waals surface area (Å²) in [6, 6.07) is 7.54. The Balaban J connectivity index is 2.11. The molecule has 22 heavy (non-hydrogen) atoms. The fourth-order valence-corrected chi connectivity index (χ4v) is 2.21. The molecule has 1 N–H and O–H groups in total. The molecule has 0 unspecified atom stereocenters. The summed E-state index contributed by atoms with van der Waals surface area (Å²) >= 11 is 0. The van der Waals surface area contributed by atoms with E-state index in [1.807, 2.05) is 6.07 Å². The van der Waals surface area contributed by atoms with Crippen molar-refractivity contribution >= 4 is 11.9 Å². The molecule has 1 aromatic rings. The van der Waals surface area contributed by atoms with Crippen LogP contribution in [0.1, 0.15) is 12.5 Å². The van der Waals surface area contributed by atoms with Crippen LogP contribution in [0.5, 0.6) is 5.75 Å². The summed E-state index contributed by atoms with van der Waals surface area (Å²) in [4.78, 5) is 24.9. The molecule has 1 aliphatic heterocycles. The minimum Gasteiger partial charge on any atom is -0.480 e. The van der Waals surface area contributed by atoms with Crippen LogP contribution >= 0.6 is 0 Å². The molecule has 7 nitrogen and oxygen atoms in total. The molecular weight excluding hydrogens is 288 g/mol. The standard InChI is InChI=1S/C15H16N2O5/c1-10(22-13-5-3-2-4-11(13)8-16)14(18)17-6-7-21-9-12(17)15(19)20/h2-5,10,12H,6-7,9H2,1H3,(H,19,20)/t10-,12-/m1/s1. The summed E-state index contributed by atoms with van der Waals surface area (Å²) in [6.07, 6.45) is -0.894. The molecule has 0 spiro atoms. The van der Waals surface area contributed by atoms with Crippen LogP contribution in [-0.4, -0.2) is 53.8 Å². The van der Waals surface area contributed by atoms with Gasteiger partial charge in [0.15, 0.2) is 12.1 Å². The third-order valence-corrected chi connectivity index (χ3v) is 3.36. The molecule has 0 aliphatic carbocycles. The zero-order valence-electron chi connectivity index (χ0n) is 12.1. The van der Waals surface area contributed by atoms with Crippen LogP contribution in [0.4, 0.5) is 0 Å². The molecule has 0 radical (unpaired) electrons. The number of morpholine rings is 1. The molecule has 0 aromatic heterocycles. The first-order valence-corrected chi connectivity index (χ1v) is 6.81. The lowest BCUT2D eigenvalue weighted by atomic mass is 10.2. The Bertz CT molecular complexity index is 610. The van der Waals surface area contributed by atoms with Crippen molar-refractivity contribution in [3.8, 4) is 11.8 Å². The number of ether oxygens (including phenoxy) is 2. The minimum absolute atomic E-state index is 0.0391. The van der Waals surface area contributed by atoms with E-state index in [1.165, 1.54) is 11.8 Å². The van der Waals surface area contributed by atoms with Crippen LogP contribution in [0.15, 0.2) is 24.3 Å². The van der Waals surface area contributed by atoms with Crippen LogP contribution < -0.4 is 4.74 Å². The van der Waals surface area contributed by atoms with Gasteiger partial charge >= 0.3 is 5.97 Å². The number of rotatable bonds is 4. The van der Waals surface area contributed by atoms with Gasteiger partial charge < -0.3 is 19.5 Å². The monoisotopic (exact) mass is 304 g/mol. The lowest BCUT2D eigenvalue weighted by molar-refractivity contribution is -0.161. The molecule has 2 rings (SSSR count). The number of carbonyl (C=O) groups excluding carboxylic acids is 1. The van der Waals surface area contributed by atoms with E-state index in [9.17, 15) is 9.59 Å². The number of nitrogens with zero attached hydrogens (tertiary/aromatic N) is 2. The van der Waals surface area contributed by atoms with Crippen LogP contribution in [0.2, 0.25) is 0 Å². The van der Waals surface area contributed by atoms with Crippen molar-refractivity contribution < 1.29 is 24.2 Å². The van der Waals surface area contributed by atoms with Gasteiger partial charge in [-0.3, -0.25) is 4.79 Å². The molecule has 1 aromatic carbocycles. The van der Waals surface area contributed by atoms with Crippen LogP contribution in [0.25, 0.3) is 0 Å². The number of carboxylic acids is 1. The van der Waals surface area contributed by atoms with Crippen LogP contribution in [0.3, 0.4) is 0 Å². The number of para-hydroxylation sites is 1. The zero-order chi connectivity index (χ0) is 16.1. The Morgan fingerprint density at radius 1 is 1.50 bits per heavy atom. The number of hydrogen-bond acceptors (Lipinski definition) is 5. The molecule has 1 heterocycles. The van der Waals surface area contributed by atoms with Crippen molar-refractivity contribution in [2.45, 2.75) is 19.1 Å². The normalized spacial score (nSPS) is 19.1. The second kappa shape index (κ2) is 6.91. The number of carbonyl (C=O) groups is 2. The van der Waals surface area contributed by atoms with Gasteiger partial charge in [0.2, 0.25) is 0 Å². The first-order chi connectivity index (χ1) is 10.5. The van der Waals surface area contributed by atoms with Gasteiger partial charge in [-0.15, -0.1) is 0 Å². The average Bonchev–Trinajstić information content (AvgIpc) is 2.54. The number of hydrogen-bond donors (Lipinski definition) is 1. The van der Waals surface area contributed by atoms with Gasteiger partial charge in [0.1, 0.15) is 11.8 Å². The Hall–Kier alpha value is -2.59. The fraction of sp³-hybridized carbons (Fsp3) is 0.400. The number of amides is 1. The number of aliphatic carboxylic acids is 1. The Morgan fingerprint density at radius 2 is 2.23 bits per heavy atom. The first-order valence-electron chi connectivity index (χ1n) is 6.81. The zero-order valence-corrected chi connectivity index (χ0v) is 12.1. The first kappa shape index (κ1) is 15.8. The molecule has 0 bridgehead atoms. The number of nitriles is 1. The van der Waals surface area contributed by atoms with E-state index in [1.54, 1.807) is 24.3 Å².